The molecule has 1 rings (SSSR count). The number of benzene rings is 1. The van der Waals surface area contributed by atoms with Crippen LogP contribution >= 0.6 is 11.6 Å². The van der Waals surface area contributed by atoms with Crippen LogP contribution in [-0.2, 0) is 6.42 Å². The van der Waals surface area contributed by atoms with Crippen LogP contribution in [0.5, 0.6) is 0 Å². The van der Waals surface area contributed by atoms with Crippen molar-refractivity contribution in [2.75, 3.05) is 0 Å². The minimum atomic E-state index is -0.260. The van der Waals surface area contributed by atoms with E-state index in [1.165, 1.54) is 6.07 Å². The number of hydrogen-bond donors (Lipinski definition) is 1. The molecule has 1 unspecified atom stereocenters. The predicted octanol–water partition coefficient (Wildman–Crippen LogP) is 3.15. The van der Waals surface area contributed by atoms with Crippen LogP contribution < -0.4 is 5.73 Å². The van der Waals surface area contributed by atoms with Crippen LogP contribution in [0.1, 0.15) is 25.3 Å². The monoisotopic (exact) mass is 215 g/mol. The Balaban J connectivity index is 2.75. The smallest absolute Gasteiger partial charge is 0.127 e. The minimum Gasteiger partial charge on any atom is -0.327 e. The Morgan fingerprint density at radius 3 is 2.79 bits per heavy atom. The molecular formula is C11H15ClFN. The third-order valence-corrected chi connectivity index (χ3v) is 2.54. The van der Waals surface area contributed by atoms with Gasteiger partial charge in [-0.3, -0.25) is 0 Å². The standard InChI is InChI=1S/C11H15ClFN/c1-2-4-8(14)7-9-10(12)5-3-6-11(9)13/h3,5-6,8H,2,4,7,14H2,1H3. The number of nitrogens with two attached hydrogens (primary N) is 1. The summed E-state index contributed by atoms with van der Waals surface area (Å²) in [5, 5.41) is 0.469. The molecule has 14 heavy (non-hydrogen) atoms. The van der Waals surface area contributed by atoms with Crippen molar-refractivity contribution in [3.63, 3.8) is 0 Å². The van der Waals surface area contributed by atoms with Crippen LogP contribution in [0.4, 0.5) is 4.39 Å². The summed E-state index contributed by atoms with van der Waals surface area (Å²) in [6, 6.07) is 4.71. The Morgan fingerprint density at radius 2 is 2.21 bits per heavy atom. The van der Waals surface area contributed by atoms with Crippen molar-refractivity contribution in [3.05, 3.63) is 34.6 Å². The molecule has 1 aromatic rings. The maximum atomic E-state index is 13.3. The fraction of sp³-hybridized carbons (Fsp3) is 0.455. The Morgan fingerprint density at radius 1 is 1.50 bits per heavy atom. The van der Waals surface area contributed by atoms with Gasteiger partial charge in [0.05, 0.1) is 0 Å². The van der Waals surface area contributed by atoms with Gasteiger partial charge < -0.3 is 5.73 Å². The van der Waals surface area contributed by atoms with Crippen LogP contribution in [0.3, 0.4) is 0 Å². The van der Waals surface area contributed by atoms with Crippen molar-refractivity contribution in [3.8, 4) is 0 Å². The first kappa shape index (κ1) is 11.5. The largest absolute Gasteiger partial charge is 0.327 e. The molecule has 0 spiro atoms. The Kier molecular flexibility index (Phi) is 4.36. The lowest BCUT2D eigenvalue weighted by Gasteiger charge is -2.11. The maximum absolute atomic E-state index is 13.3. The van der Waals surface area contributed by atoms with E-state index in [9.17, 15) is 4.39 Å². The molecule has 1 atom stereocenters. The highest BCUT2D eigenvalue weighted by molar-refractivity contribution is 6.31. The second-order valence-corrected chi connectivity index (χ2v) is 3.86. The highest BCUT2D eigenvalue weighted by Crippen LogP contribution is 2.20. The molecule has 0 bridgehead atoms. The van der Waals surface area contributed by atoms with Crippen LogP contribution in [0.2, 0.25) is 5.02 Å². The molecule has 0 aromatic heterocycles. The molecule has 0 fully saturated rings. The first-order valence-electron chi connectivity index (χ1n) is 4.83. The highest BCUT2D eigenvalue weighted by atomic mass is 35.5. The summed E-state index contributed by atoms with van der Waals surface area (Å²) in [4.78, 5) is 0. The summed E-state index contributed by atoms with van der Waals surface area (Å²) >= 11 is 5.88. The average molecular weight is 216 g/mol. The zero-order valence-electron chi connectivity index (χ0n) is 8.26. The summed E-state index contributed by atoms with van der Waals surface area (Å²) in [5.41, 5.74) is 6.37. The molecule has 3 heteroatoms. The molecule has 0 heterocycles. The van der Waals surface area contributed by atoms with Gasteiger partial charge in [-0.05, 0) is 25.0 Å². The fourth-order valence-electron chi connectivity index (χ4n) is 1.46. The van der Waals surface area contributed by atoms with E-state index in [0.29, 0.717) is 17.0 Å². The molecule has 0 saturated heterocycles. The molecule has 1 aromatic carbocycles. The first-order chi connectivity index (χ1) is 6.65. The zero-order chi connectivity index (χ0) is 10.6. The minimum absolute atomic E-state index is 0.00519. The van der Waals surface area contributed by atoms with E-state index >= 15 is 0 Å². The topological polar surface area (TPSA) is 26.0 Å². The van der Waals surface area contributed by atoms with Gasteiger partial charge in [0.25, 0.3) is 0 Å². The fourth-order valence-corrected chi connectivity index (χ4v) is 1.70. The first-order valence-corrected chi connectivity index (χ1v) is 5.21. The van der Waals surface area contributed by atoms with Crippen molar-refractivity contribution in [2.24, 2.45) is 5.73 Å². The molecule has 0 saturated carbocycles. The van der Waals surface area contributed by atoms with Crippen molar-refractivity contribution in [1.82, 2.24) is 0 Å². The molecule has 1 nitrogen and oxygen atoms in total. The quantitative estimate of drug-likeness (QED) is 0.821. The number of rotatable bonds is 4. The van der Waals surface area contributed by atoms with Gasteiger partial charge in [0.15, 0.2) is 0 Å². The van der Waals surface area contributed by atoms with Crippen molar-refractivity contribution in [2.45, 2.75) is 32.2 Å². The molecule has 0 aliphatic heterocycles. The lowest BCUT2D eigenvalue weighted by atomic mass is 10.0. The predicted molar refractivity (Wildman–Crippen MR) is 58.0 cm³/mol. The molecule has 2 N–H and O–H groups in total. The van der Waals surface area contributed by atoms with E-state index in [-0.39, 0.29) is 11.9 Å². The third-order valence-electron chi connectivity index (χ3n) is 2.19. The van der Waals surface area contributed by atoms with Crippen molar-refractivity contribution < 1.29 is 4.39 Å². The molecule has 0 amide bonds. The highest BCUT2D eigenvalue weighted by Gasteiger charge is 2.10. The second kappa shape index (κ2) is 5.32. The van der Waals surface area contributed by atoms with Crippen molar-refractivity contribution >= 4 is 11.6 Å². The van der Waals surface area contributed by atoms with Gasteiger partial charge >= 0.3 is 0 Å². The van der Waals surface area contributed by atoms with E-state index in [1.54, 1.807) is 12.1 Å². The Labute approximate surface area is 89.1 Å². The summed E-state index contributed by atoms with van der Waals surface area (Å²) < 4.78 is 13.3. The van der Waals surface area contributed by atoms with E-state index < -0.39 is 0 Å². The molecule has 0 aliphatic carbocycles. The van der Waals surface area contributed by atoms with Gasteiger partial charge in [0.2, 0.25) is 0 Å². The summed E-state index contributed by atoms with van der Waals surface area (Å²) in [5.74, 6) is -0.260. The van der Waals surface area contributed by atoms with Gasteiger partial charge in [-0.25, -0.2) is 4.39 Å². The summed E-state index contributed by atoms with van der Waals surface area (Å²) in [7, 11) is 0. The zero-order valence-corrected chi connectivity index (χ0v) is 9.02. The van der Waals surface area contributed by atoms with Gasteiger partial charge in [-0.2, -0.15) is 0 Å². The Bertz CT molecular complexity index is 281. The van der Waals surface area contributed by atoms with Crippen LogP contribution in [0.15, 0.2) is 18.2 Å². The Hall–Kier alpha value is -0.600. The molecular weight excluding hydrogens is 201 g/mol. The molecule has 78 valence electrons. The van der Waals surface area contributed by atoms with E-state index in [4.69, 9.17) is 17.3 Å². The van der Waals surface area contributed by atoms with Gasteiger partial charge in [0.1, 0.15) is 5.82 Å². The lowest BCUT2D eigenvalue weighted by molar-refractivity contribution is 0.562. The van der Waals surface area contributed by atoms with Gasteiger partial charge in [-0.1, -0.05) is 31.0 Å². The lowest BCUT2D eigenvalue weighted by Crippen LogP contribution is -2.23. The van der Waals surface area contributed by atoms with Crippen LogP contribution in [-0.4, -0.2) is 6.04 Å². The van der Waals surface area contributed by atoms with Gasteiger partial charge in [0, 0.05) is 16.6 Å². The molecule has 0 radical (unpaired) electrons. The average Bonchev–Trinajstić information content (AvgIpc) is 2.12. The summed E-state index contributed by atoms with van der Waals surface area (Å²) in [6.07, 6.45) is 2.41. The van der Waals surface area contributed by atoms with Crippen molar-refractivity contribution in [1.29, 1.82) is 0 Å². The second-order valence-electron chi connectivity index (χ2n) is 3.45. The molecule has 0 aliphatic rings. The van der Waals surface area contributed by atoms with Crippen LogP contribution in [0.25, 0.3) is 0 Å². The number of halogens is 2. The van der Waals surface area contributed by atoms with Gasteiger partial charge in [-0.15, -0.1) is 0 Å². The SMILES string of the molecule is CCCC(N)Cc1c(F)cccc1Cl. The number of hydrogen-bond acceptors (Lipinski definition) is 1. The third kappa shape index (κ3) is 2.96. The normalized spacial score (nSPS) is 12.9. The van der Waals surface area contributed by atoms with E-state index in [2.05, 4.69) is 6.92 Å². The maximum Gasteiger partial charge on any atom is 0.127 e. The van der Waals surface area contributed by atoms with Crippen LogP contribution in [0, 0.1) is 5.82 Å². The summed E-state index contributed by atoms with van der Waals surface area (Å²) in [6.45, 7) is 2.06. The van der Waals surface area contributed by atoms with E-state index in [0.717, 1.165) is 12.8 Å². The van der Waals surface area contributed by atoms with E-state index in [1.807, 2.05) is 0 Å².